The van der Waals surface area contributed by atoms with Crippen molar-refractivity contribution < 1.29 is 19.2 Å². The maximum Gasteiger partial charge on any atom is 0.320 e. The van der Waals surface area contributed by atoms with Gasteiger partial charge in [0, 0.05) is 30.5 Å². The normalized spacial score (nSPS) is 13.1. The van der Waals surface area contributed by atoms with Gasteiger partial charge < -0.3 is 14.4 Å². The van der Waals surface area contributed by atoms with Crippen molar-refractivity contribution >= 4 is 5.97 Å². The van der Waals surface area contributed by atoms with Gasteiger partial charge in [-0.2, -0.15) is 4.98 Å². The van der Waals surface area contributed by atoms with Gasteiger partial charge >= 0.3 is 5.97 Å². The number of ether oxygens (including phenoxy) is 1. The summed E-state index contributed by atoms with van der Waals surface area (Å²) in [5.41, 5.74) is 6.76. The topological polar surface area (TPSA) is 102 Å². The first-order valence-electron chi connectivity index (χ1n) is 11.7. The molecule has 0 aliphatic heterocycles. The van der Waals surface area contributed by atoms with Gasteiger partial charge in [0.2, 0.25) is 5.82 Å². The van der Waals surface area contributed by atoms with Crippen LogP contribution >= 0.6 is 0 Å². The van der Waals surface area contributed by atoms with E-state index in [0.717, 1.165) is 27.9 Å². The van der Waals surface area contributed by atoms with E-state index in [4.69, 9.17) is 9.26 Å². The summed E-state index contributed by atoms with van der Waals surface area (Å²) in [6, 6.07) is 17.2. The van der Waals surface area contributed by atoms with Crippen molar-refractivity contribution in [3.8, 4) is 34.0 Å². The molecule has 8 nitrogen and oxygen atoms in total. The Morgan fingerprint density at radius 2 is 1.83 bits per heavy atom. The first-order valence-corrected chi connectivity index (χ1v) is 11.7. The molecule has 0 saturated heterocycles. The fourth-order valence-electron chi connectivity index (χ4n) is 4.10. The van der Waals surface area contributed by atoms with E-state index in [-0.39, 0.29) is 6.04 Å². The van der Waals surface area contributed by atoms with Crippen molar-refractivity contribution in [3.05, 3.63) is 77.6 Å². The molecule has 2 heterocycles. The number of hydrogen-bond donors (Lipinski definition) is 1. The number of likely N-dealkylation sites (N-methyl/N-ethyl adjacent to an activating group) is 1. The fourth-order valence-corrected chi connectivity index (χ4v) is 4.10. The lowest BCUT2D eigenvalue weighted by Crippen LogP contribution is -2.37. The molecule has 2 unspecified atom stereocenters. The zero-order valence-electron chi connectivity index (χ0n) is 21.1. The number of hydrogen-bond acceptors (Lipinski definition) is 7. The third kappa shape index (κ3) is 5.19. The Kier molecular flexibility index (Phi) is 7.57. The number of carboxylic acid groups (broad SMARTS) is 1. The number of pyridine rings is 1. The highest BCUT2D eigenvalue weighted by Crippen LogP contribution is 2.32. The van der Waals surface area contributed by atoms with E-state index in [1.54, 1.807) is 32.2 Å². The zero-order chi connectivity index (χ0) is 25.8. The number of rotatable bonds is 9. The van der Waals surface area contributed by atoms with Gasteiger partial charge in [-0.1, -0.05) is 35.5 Å². The van der Waals surface area contributed by atoms with Crippen LogP contribution in [-0.2, 0) is 16.1 Å². The highest BCUT2D eigenvalue weighted by atomic mass is 16.5. The highest BCUT2D eigenvalue weighted by molar-refractivity contribution is 5.74. The van der Waals surface area contributed by atoms with Gasteiger partial charge in [0.1, 0.15) is 6.04 Å². The lowest BCUT2D eigenvalue weighted by molar-refractivity contribution is -0.142. The Bertz CT molecular complexity index is 1350. The average Bonchev–Trinajstić information content (AvgIpc) is 3.38. The number of aliphatic carboxylic acids is 1. The SMILES string of the molecule is COCc1cc(-c2nc(-c3ccc(C(C)N(C)C(C)C(=O)O)nc3)no2)ccc1-c1ccccc1C. The minimum Gasteiger partial charge on any atom is -0.480 e. The second-order valence-corrected chi connectivity index (χ2v) is 8.87. The van der Waals surface area contributed by atoms with Crippen LogP contribution in [0.15, 0.2) is 65.3 Å². The summed E-state index contributed by atoms with van der Waals surface area (Å²) in [7, 11) is 3.45. The summed E-state index contributed by atoms with van der Waals surface area (Å²) in [6.07, 6.45) is 1.68. The van der Waals surface area contributed by atoms with Crippen molar-refractivity contribution in [1.82, 2.24) is 20.0 Å². The third-order valence-corrected chi connectivity index (χ3v) is 6.57. The number of nitrogens with zero attached hydrogens (tertiary/aromatic N) is 4. The summed E-state index contributed by atoms with van der Waals surface area (Å²) >= 11 is 0. The minimum atomic E-state index is -0.874. The average molecular weight is 487 g/mol. The molecule has 0 aliphatic carbocycles. The van der Waals surface area contributed by atoms with Crippen LogP contribution in [-0.4, -0.2) is 51.3 Å². The van der Waals surface area contributed by atoms with Crippen LogP contribution in [0.1, 0.15) is 36.7 Å². The standard InChI is InChI=1S/C28H30N4O4/c1-17-8-6-7-9-23(17)24-12-10-20(14-22(24)16-35-5)27-30-26(31-36-27)21-11-13-25(29-15-21)18(2)32(4)19(3)28(33)34/h6-15,18-19H,16H2,1-5H3,(H,33,34). The second kappa shape index (κ2) is 10.8. The summed E-state index contributed by atoms with van der Waals surface area (Å²) in [4.78, 5) is 22.2. The Balaban J connectivity index is 1.58. The van der Waals surface area contributed by atoms with Crippen molar-refractivity contribution in [1.29, 1.82) is 0 Å². The largest absolute Gasteiger partial charge is 0.480 e. The molecule has 36 heavy (non-hydrogen) atoms. The number of methoxy groups -OCH3 is 1. The van der Waals surface area contributed by atoms with E-state index < -0.39 is 12.0 Å². The number of benzene rings is 2. The highest BCUT2D eigenvalue weighted by Gasteiger charge is 2.23. The number of carboxylic acids is 1. The van der Waals surface area contributed by atoms with Gasteiger partial charge in [-0.25, -0.2) is 0 Å². The van der Waals surface area contributed by atoms with E-state index >= 15 is 0 Å². The fraction of sp³-hybridized carbons (Fsp3) is 0.286. The summed E-state index contributed by atoms with van der Waals surface area (Å²) < 4.78 is 11.0. The molecular weight excluding hydrogens is 456 g/mol. The molecule has 1 N–H and O–H groups in total. The van der Waals surface area contributed by atoms with Gasteiger partial charge in [-0.15, -0.1) is 0 Å². The third-order valence-electron chi connectivity index (χ3n) is 6.57. The van der Waals surface area contributed by atoms with E-state index in [0.29, 0.717) is 23.9 Å². The first kappa shape index (κ1) is 25.2. The van der Waals surface area contributed by atoms with E-state index in [1.165, 1.54) is 5.56 Å². The maximum absolute atomic E-state index is 11.3. The molecule has 0 amide bonds. The van der Waals surface area contributed by atoms with Crippen molar-refractivity contribution in [3.63, 3.8) is 0 Å². The Hall–Kier alpha value is -3.88. The number of carbonyl (C=O) groups is 1. The summed E-state index contributed by atoms with van der Waals surface area (Å²) in [5, 5.41) is 13.4. The van der Waals surface area contributed by atoms with E-state index in [9.17, 15) is 9.90 Å². The molecule has 186 valence electrons. The molecule has 0 spiro atoms. The summed E-state index contributed by atoms with van der Waals surface area (Å²) in [5.74, 6) is -0.0349. The predicted octanol–water partition coefficient (Wildman–Crippen LogP) is 5.39. The van der Waals surface area contributed by atoms with Crippen LogP contribution in [0.3, 0.4) is 0 Å². The number of aromatic nitrogens is 3. The molecule has 0 bridgehead atoms. The Morgan fingerprint density at radius 1 is 1.08 bits per heavy atom. The maximum atomic E-state index is 11.3. The van der Waals surface area contributed by atoms with Crippen LogP contribution in [0.25, 0.3) is 34.0 Å². The van der Waals surface area contributed by atoms with Gasteiger partial charge in [0.15, 0.2) is 0 Å². The van der Waals surface area contributed by atoms with E-state index in [1.807, 2.05) is 43.3 Å². The lowest BCUT2D eigenvalue weighted by atomic mass is 9.94. The van der Waals surface area contributed by atoms with E-state index in [2.05, 4.69) is 40.2 Å². The molecule has 0 fully saturated rings. The minimum absolute atomic E-state index is 0.169. The molecule has 4 aromatic rings. The van der Waals surface area contributed by atoms with Gasteiger partial charge in [0.05, 0.1) is 12.3 Å². The number of aryl methyl sites for hydroxylation is 1. The molecule has 2 aromatic carbocycles. The molecule has 2 atom stereocenters. The molecule has 0 radical (unpaired) electrons. The monoisotopic (exact) mass is 486 g/mol. The van der Waals surface area contributed by atoms with Crippen LogP contribution in [0.4, 0.5) is 0 Å². The molecular formula is C28H30N4O4. The molecule has 0 saturated carbocycles. The molecule has 2 aromatic heterocycles. The quantitative estimate of drug-likeness (QED) is 0.336. The molecule has 8 heteroatoms. The Labute approximate surface area is 210 Å². The second-order valence-electron chi connectivity index (χ2n) is 8.87. The molecule has 4 rings (SSSR count). The van der Waals surface area contributed by atoms with Gasteiger partial charge in [-0.05, 0) is 74.3 Å². The zero-order valence-corrected chi connectivity index (χ0v) is 21.1. The van der Waals surface area contributed by atoms with Crippen molar-refractivity contribution in [2.24, 2.45) is 0 Å². The van der Waals surface area contributed by atoms with Crippen LogP contribution in [0, 0.1) is 6.92 Å². The van der Waals surface area contributed by atoms with Gasteiger partial charge in [0.25, 0.3) is 5.89 Å². The molecule has 0 aliphatic rings. The van der Waals surface area contributed by atoms with Crippen LogP contribution < -0.4 is 0 Å². The van der Waals surface area contributed by atoms with Crippen molar-refractivity contribution in [2.45, 2.75) is 39.5 Å². The smallest absolute Gasteiger partial charge is 0.320 e. The Morgan fingerprint density at radius 3 is 2.50 bits per heavy atom. The van der Waals surface area contributed by atoms with Crippen LogP contribution in [0.5, 0.6) is 0 Å². The van der Waals surface area contributed by atoms with Crippen molar-refractivity contribution in [2.75, 3.05) is 14.2 Å². The lowest BCUT2D eigenvalue weighted by Gasteiger charge is -2.27. The first-order chi connectivity index (χ1) is 17.3. The predicted molar refractivity (Wildman–Crippen MR) is 137 cm³/mol. The summed E-state index contributed by atoms with van der Waals surface area (Å²) in [6.45, 7) is 6.12. The van der Waals surface area contributed by atoms with Gasteiger partial charge in [-0.3, -0.25) is 14.7 Å². The van der Waals surface area contributed by atoms with Crippen LogP contribution in [0.2, 0.25) is 0 Å².